The van der Waals surface area contributed by atoms with Crippen molar-refractivity contribution in [2.45, 2.75) is 32.3 Å². The summed E-state index contributed by atoms with van der Waals surface area (Å²) in [4.78, 5) is 13.8. The normalized spacial score (nSPS) is 15.5. The molecule has 0 aromatic heterocycles. The van der Waals surface area contributed by atoms with Gasteiger partial charge in [0, 0.05) is 18.2 Å². The van der Waals surface area contributed by atoms with E-state index >= 15 is 0 Å². The Morgan fingerprint density at radius 2 is 2.29 bits per heavy atom. The molecule has 0 fully saturated rings. The molecule has 1 aliphatic rings. The summed E-state index contributed by atoms with van der Waals surface area (Å²) < 4.78 is 32.6. The van der Waals surface area contributed by atoms with E-state index < -0.39 is 17.7 Å². The fourth-order valence-electron chi connectivity index (χ4n) is 2.46. The number of ether oxygens (including phenoxy) is 1. The summed E-state index contributed by atoms with van der Waals surface area (Å²) in [5.74, 6) is -1.54. The first-order valence-corrected chi connectivity index (χ1v) is 7.06. The van der Waals surface area contributed by atoms with E-state index in [1.807, 2.05) is 0 Å². The number of hydrogen-bond donors (Lipinski definition) is 0. The van der Waals surface area contributed by atoms with Crippen LogP contribution in [0.25, 0.3) is 0 Å². The van der Waals surface area contributed by atoms with Gasteiger partial charge in [-0.05, 0) is 32.3 Å². The lowest BCUT2D eigenvalue weighted by Crippen LogP contribution is -2.42. The highest BCUT2D eigenvalue weighted by Crippen LogP contribution is 2.31. The smallest absolute Gasteiger partial charge is 0.255 e. The Morgan fingerprint density at radius 3 is 3.00 bits per heavy atom. The van der Waals surface area contributed by atoms with E-state index in [4.69, 9.17) is 4.74 Å². The summed E-state index contributed by atoms with van der Waals surface area (Å²) in [6.45, 7) is 6.08. The van der Waals surface area contributed by atoms with Crippen molar-refractivity contribution in [2.24, 2.45) is 0 Å². The van der Waals surface area contributed by atoms with Gasteiger partial charge in [-0.3, -0.25) is 4.79 Å². The summed E-state index contributed by atoms with van der Waals surface area (Å²) in [5.41, 5.74) is 0.720. The highest BCUT2D eigenvalue weighted by atomic mass is 19.1. The number of rotatable bonds is 5. The van der Waals surface area contributed by atoms with E-state index in [0.29, 0.717) is 43.7 Å². The Labute approximate surface area is 123 Å². The molecular formula is C16H19F2NO2. The first kappa shape index (κ1) is 15.6. The molecule has 0 saturated carbocycles. The molecule has 0 saturated heterocycles. The number of benzene rings is 1. The largest absolute Gasteiger partial charge is 0.368 e. The molecule has 0 aliphatic carbocycles. The van der Waals surface area contributed by atoms with Gasteiger partial charge in [-0.2, -0.15) is 0 Å². The minimum atomic E-state index is -0.675. The number of anilines is 1. The quantitative estimate of drug-likeness (QED) is 0.616. The van der Waals surface area contributed by atoms with Crippen LogP contribution in [0.3, 0.4) is 0 Å². The highest BCUT2D eigenvalue weighted by molar-refractivity contribution is 5.97. The average molecular weight is 295 g/mol. The van der Waals surface area contributed by atoms with Crippen molar-refractivity contribution in [1.82, 2.24) is 0 Å². The van der Waals surface area contributed by atoms with Crippen LogP contribution < -0.4 is 4.90 Å². The molecular weight excluding hydrogens is 276 g/mol. The van der Waals surface area contributed by atoms with Crippen molar-refractivity contribution >= 4 is 11.6 Å². The summed E-state index contributed by atoms with van der Waals surface area (Å²) in [7, 11) is 0. The van der Waals surface area contributed by atoms with Gasteiger partial charge in [0.1, 0.15) is 17.7 Å². The maximum Gasteiger partial charge on any atom is 0.255 e. The number of carbonyl (C=O) groups excluding carboxylic acids is 1. The second-order valence-corrected chi connectivity index (χ2v) is 5.07. The number of halogens is 2. The summed E-state index contributed by atoms with van der Waals surface area (Å²) in [6, 6.07) is 2.07. The van der Waals surface area contributed by atoms with Crippen LogP contribution in [-0.4, -0.2) is 25.2 Å². The predicted molar refractivity (Wildman–Crippen MR) is 77.3 cm³/mol. The topological polar surface area (TPSA) is 29.5 Å². The molecule has 2 rings (SSSR count). The van der Waals surface area contributed by atoms with Gasteiger partial charge in [0.25, 0.3) is 5.91 Å². The zero-order valence-corrected chi connectivity index (χ0v) is 12.1. The third-order valence-electron chi connectivity index (χ3n) is 3.54. The molecule has 0 bridgehead atoms. The van der Waals surface area contributed by atoms with E-state index in [0.717, 1.165) is 6.07 Å². The zero-order valence-electron chi connectivity index (χ0n) is 12.1. The summed E-state index contributed by atoms with van der Waals surface area (Å²) >= 11 is 0. The lowest BCUT2D eigenvalue weighted by molar-refractivity contribution is -0.129. The molecule has 5 heteroatoms. The lowest BCUT2D eigenvalue weighted by Gasteiger charge is -2.31. The van der Waals surface area contributed by atoms with Crippen molar-refractivity contribution in [3.05, 3.63) is 42.0 Å². The Morgan fingerprint density at radius 1 is 1.52 bits per heavy atom. The number of fused-ring (bicyclic) bond motifs is 1. The van der Waals surface area contributed by atoms with Crippen LogP contribution in [-0.2, 0) is 16.0 Å². The van der Waals surface area contributed by atoms with Crippen LogP contribution in [0.2, 0.25) is 0 Å². The van der Waals surface area contributed by atoms with Crippen LogP contribution in [0.15, 0.2) is 24.8 Å². The molecule has 1 aromatic carbocycles. The van der Waals surface area contributed by atoms with Crippen LogP contribution in [0.1, 0.15) is 25.3 Å². The van der Waals surface area contributed by atoms with Gasteiger partial charge >= 0.3 is 0 Å². The van der Waals surface area contributed by atoms with E-state index in [2.05, 4.69) is 6.58 Å². The Bertz CT molecular complexity index is 545. The van der Waals surface area contributed by atoms with Gasteiger partial charge in [0.15, 0.2) is 0 Å². The molecule has 0 spiro atoms. The number of carbonyl (C=O) groups is 1. The van der Waals surface area contributed by atoms with Gasteiger partial charge in [-0.25, -0.2) is 8.78 Å². The Balaban J connectivity index is 2.19. The van der Waals surface area contributed by atoms with Gasteiger partial charge in [0.05, 0.1) is 12.3 Å². The number of amides is 1. The zero-order chi connectivity index (χ0) is 15.4. The van der Waals surface area contributed by atoms with Crippen LogP contribution in [0.4, 0.5) is 14.5 Å². The molecule has 0 N–H and O–H groups in total. The van der Waals surface area contributed by atoms with Gasteiger partial charge in [-0.1, -0.05) is 6.08 Å². The minimum Gasteiger partial charge on any atom is -0.368 e. The molecule has 3 nitrogen and oxygen atoms in total. The number of hydrogen-bond acceptors (Lipinski definition) is 2. The molecule has 21 heavy (non-hydrogen) atoms. The van der Waals surface area contributed by atoms with Crippen molar-refractivity contribution in [2.75, 3.05) is 18.1 Å². The minimum absolute atomic E-state index is 0.273. The predicted octanol–water partition coefficient (Wildman–Crippen LogP) is 3.23. The second-order valence-electron chi connectivity index (χ2n) is 5.07. The van der Waals surface area contributed by atoms with Crippen molar-refractivity contribution in [1.29, 1.82) is 0 Å². The van der Waals surface area contributed by atoms with E-state index in [-0.39, 0.29) is 5.91 Å². The van der Waals surface area contributed by atoms with Crippen molar-refractivity contribution in [3.8, 4) is 0 Å². The van der Waals surface area contributed by atoms with E-state index in [1.165, 1.54) is 11.0 Å². The fraction of sp³-hybridized carbons (Fsp3) is 0.438. The maximum absolute atomic E-state index is 13.8. The van der Waals surface area contributed by atoms with Crippen LogP contribution in [0, 0.1) is 11.6 Å². The Hall–Kier alpha value is -1.75. The standard InChI is InChI=1S/C16H19F2NO2/c1-3-4-8-21-11(2)16(20)19-7-5-6-13-14(18)9-12(17)10-15(13)19/h3,9-11H,1,4-8H2,2H3. The van der Waals surface area contributed by atoms with Gasteiger partial charge < -0.3 is 9.64 Å². The fourth-order valence-corrected chi connectivity index (χ4v) is 2.46. The monoisotopic (exact) mass is 295 g/mol. The summed E-state index contributed by atoms with van der Waals surface area (Å²) in [6.07, 6.45) is 2.87. The van der Waals surface area contributed by atoms with E-state index in [9.17, 15) is 13.6 Å². The molecule has 1 atom stereocenters. The van der Waals surface area contributed by atoms with Gasteiger partial charge in [-0.15, -0.1) is 6.58 Å². The first-order valence-electron chi connectivity index (χ1n) is 7.06. The molecule has 1 aliphatic heterocycles. The highest BCUT2D eigenvalue weighted by Gasteiger charge is 2.28. The van der Waals surface area contributed by atoms with E-state index in [1.54, 1.807) is 13.0 Å². The summed E-state index contributed by atoms with van der Waals surface area (Å²) in [5, 5.41) is 0. The second kappa shape index (κ2) is 6.80. The molecule has 1 heterocycles. The van der Waals surface area contributed by atoms with Crippen molar-refractivity contribution in [3.63, 3.8) is 0 Å². The van der Waals surface area contributed by atoms with Crippen LogP contribution in [0.5, 0.6) is 0 Å². The number of nitrogens with zero attached hydrogens (tertiary/aromatic N) is 1. The molecule has 114 valence electrons. The molecule has 1 unspecified atom stereocenters. The SMILES string of the molecule is C=CCCOC(C)C(=O)N1CCCc2c(F)cc(F)cc21. The molecule has 0 radical (unpaired) electrons. The first-order chi connectivity index (χ1) is 10.0. The average Bonchev–Trinajstić information content (AvgIpc) is 2.46. The van der Waals surface area contributed by atoms with Crippen molar-refractivity contribution < 1.29 is 18.3 Å². The molecule has 1 amide bonds. The third kappa shape index (κ3) is 3.47. The van der Waals surface area contributed by atoms with Gasteiger partial charge in [0.2, 0.25) is 0 Å². The maximum atomic E-state index is 13.8. The van der Waals surface area contributed by atoms with Crippen LogP contribution >= 0.6 is 0 Å². The Kier molecular flexibility index (Phi) is 5.07. The molecule has 1 aromatic rings. The third-order valence-corrected chi connectivity index (χ3v) is 3.54. The lowest BCUT2D eigenvalue weighted by atomic mass is 10.0.